The molecule has 0 atom stereocenters. The first kappa shape index (κ1) is 21.0. The molecule has 3 rings (SSSR count). The van der Waals surface area contributed by atoms with Crippen molar-refractivity contribution in [1.82, 2.24) is 15.6 Å². The third kappa shape index (κ3) is 4.63. The Hall–Kier alpha value is -1.74. The van der Waals surface area contributed by atoms with Crippen LogP contribution in [0.2, 0.25) is 0 Å². The van der Waals surface area contributed by atoms with Gasteiger partial charge in [0.1, 0.15) is 5.82 Å². The normalized spacial score (nSPS) is 22.4. The number of fused-ring (bicyclic) bond motifs is 1. The number of carbonyl (C=O) groups excluding carboxylic acids is 1. The number of alkyl halides is 3. The molecule has 1 fully saturated rings. The Balaban J connectivity index is 1.70. The van der Waals surface area contributed by atoms with E-state index >= 15 is 0 Å². The van der Waals surface area contributed by atoms with E-state index in [0.29, 0.717) is 30.5 Å². The van der Waals surface area contributed by atoms with E-state index in [1.165, 1.54) is 0 Å². The lowest BCUT2D eigenvalue weighted by molar-refractivity contribution is 0.0943. The summed E-state index contributed by atoms with van der Waals surface area (Å²) >= 11 is 2.36. The highest BCUT2D eigenvalue weighted by molar-refractivity contribution is 9.10. The first-order valence-corrected chi connectivity index (χ1v) is 10.3. The molecule has 28 heavy (non-hydrogen) atoms. The first-order chi connectivity index (χ1) is 13.3. The fourth-order valence-electron chi connectivity index (χ4n) is 4.11. The zero-order chi connectivity index (χ0) is 20.3. The minimum absolute atomic E-state index is 0.127. The highest BCUT2D eigenvalue weighted by atomic mass is 79.9. The van der Waals surface area contributed by atoms with Crippen LogP contribution in [0, 0.1) is 5.92 Å². The summed E-state index contributed by atoms with van der Waals surface area (Å²) in [6, 6.07) is 0.277. The Morgan fingerprint density at radius 1 is 1.43 bits per heavy atom. The summed E-state index contributed by atoms with van der Waals surface area (Å²) in [5.41, 5.74) is 2.26. The molecular formula is C19H26BrF2N5O. The number of hydrogen-bond donors (Lipinski definition) is 3. The summed E-state index contributed by atoms with van der Waals surface area (Å²) in [6.07, 6.45) is 7.14. The lowest BCUT2D eigenvalue weighted by Crippen LogP contribution is -2.50. The van der Waals surface area contributed by atoms with Crippen molar-refractivity contribution in [3.8, 4) is 0 Å². The average molecular weight is 458 g/mol. The van der Waals surface area contributed by atoms with Gasteiger partial charge in [0.25, 0.3) is 5.91 Å². The zero-order valence-corrected chi connectivity index (χ0v) is 17.5. The second-order valence-electron chi connectivity index (χ2n) is 7.29. The highest BCUT2D eigenvalue weighted by Gasteiger charge is 2.33. The van der Waals surface area contributed by atoms with E-state index in [1.807, 2.05) is 0 Å². The zero-order valence-electron chi connectivity index (χ0n) is 15.9. The number of pyridine rings is 1. The number of carbonyl (C=O) groups is 1. The van der Waals surface area contributed by atoms with Crippen LogP contribution in [-0.4, -0.2) is 48.6 Å². The number of nitrogens with one attached hydrogen (secondary N) is 3. The van der Waals surface area contributed by atoms with E-state index in [1.54, 1.807) is 19.3 Å². The van der Waals surface area contributed by atoms with Gasteiger partial charge in [-0.25, -0.2) is 4.98 Å². The fourth-order valence-corrected chi connectivity index (χ4v) is 4.31. The lowest BCUT2D eigenvalue weighted by atomic mass is 9.84. The van der Waals surface area contributed by atoms with Gasteiger partial charge in [0, 0.05) is 24.8 Å². The van der Waals surface area contributed by atoms with Crippen molar-refractivity contribution in [2.24, 2.45) is 5.92 Å². The topological polar surface area (TPSA) is 69.3 Å². The van der Waals surface area contributed by atoms with Gasteiger partial charge in [0.15, 0.2) is 0 Å². The fraction of sp³-hybridized carbons (Fsp3) is 0.579. The Morgan fingerprint density at radius 3 is 2.75 bits per heavy atom. The summed E-state index contributed by atoms with van der Waals surface area (Å²) in [5.74, 6) is 0.953. The molecule has 0 aromatic carbocycles. The smallest absolute Gasteiger partial charge is 0.313 e. The molecule has 0 radical (unpaired) electrons. The van der Waals surface area contributed by atoms with Gasteiger partial charge in [-0.3, -0.25) is 4.79 Å². The molecule has 0 bridgehead atoms. The largest absolute Gasteiger partial charge is 0.373 e. The number of hydrogen-bond acceptors (Lipinski definition) is 5. The number of aromatic nitrogens is 1. The van der Waals surface area contributed by atoms with Gasteiger partial charge in [-0.1, -0.05) is 12.7 Å². The summed E-state index contributed by atoms with van der Waals surface area (Å²) in [6.45, 7) is 4.58. The Labute approximate surface area is 172 Å². The number of rotatable bonds is 7. The van der Waals surface area contributed by atoms with Crippen molar-refractivity contribution in [2.45, 2.75) is 36.6 Å². The summed E-state index contributed by atoms with van der Waals surface area (Å²) in [7, 11) is 1.80. The lowest BCUT2D eigenvalue weighted by Gasteiger charge is -2.42. The molecule has 1 aliphatic heterocycles. The molecule has 1 saturated carbocycles. The van der Waals surface area contributed by atoms with Crippen LogP contribution in [0.1, 0.15) is 41.6 Å². The second kappa shape index (κ2) is 8.73. The predicted octanol–water partition coefficient (Wildman–Crippen LogP) is 3.41. The Morgan fingerprint density at radius 2 is 2.14 bits per heavy atom. The van der Waals surface area contributed by atoms with Crippen LogP contribution in [0.3, 0.4) is 0 Å². The third-order valence-corrected chi connectivity index (χ3v) is 5.77. The molecule has 0 unspecified atom stereocenters. The van der Waals surface area contributed by atoms with Crippen LogP contribution in [0.25, 0.3) is 6.08 Å². The van der Waals surface area contributed by atoms with Crippen LogP contribution < -0.4 is 20.9 Å². The maximum Gasteiger partial charge on any atom is 0.313 e. The maximum absolute atomic E-state index is 12.9. The van der Waals surface area contributed by atoms with E-state index in [9.17, 15) is 13.6 Å². The minimum atomic E-state index is -2.86. The van der Waals surface area contributed by atoms with Crippen LogP contribution >= 0.6 is 15.9 Å². The van der Waals surface area contributed by atoms with Crippen molar-refractivity contribution in [3.63, 3.8) is 0 Å². The van der Waals surface area contributed by atoms with Crippen LogP contribution in [-0.2, 0) is 0 Å². The summed E-state index contributed by atoms with van der Waals surface area (Å²) in [5, 5.41) is 8.84. The quantitative estimate of drug-likeness (QED) is 0.547. The van der Waals surface area contributed by atoms with E-state index in [4.69, 9.17) is 0 Å². The van der Waals surface area contributed by atoms with Gasteiger partial charge in [-0.05, 0) is 54.1 Å². The standard InChI is InChI=1S/C19H26BrF2N5O/c1-3-14-16-15(9-25-17(14)23-2)18(28)26-11-27(16)13-6-4-12(5-7-13)8-24-10-19(20,21)22/h3,9,12-13,24H,1,4-8,10-11H2,2H3,(H,23,25)(H,26,28). The molecule has 0 saturated heterocycles. The van der Waals surface area contributed by atoms with E-state index in [-0.39, 0.29) is 18.5 Å². The molecule has 0 spiro atoms. The van der Waals surface area contributed by atoms with Crippen molar-refractivity contribution in [1.29, 1.82) is 0 Å². The summed E-state index contributed by atoms with van der Waals surface area (Å²) < 4.78 is 25.8. The van der Waals surface area contributed by atoms with Gasteiger partial charge < -0.3 is 20.9 Å². The Bertz CT molecular complexity index is 732. The molecule has 1 aromatic rings. The molecule has 1 aliphatic carbocycles. The maximum atomic E-state index is 12.9. The van der Waals surface area contributed by atoms with Gasteiger partial charge in [-0.2, -0.15) is 8.78 Å². The SMILES string of the molecule is C=Cc1c(NC)ncc2c1N(C1CCC(CNCC(F)(F)Br)CC1)CNC2=O. The van der Waals surface area contributed by atoms with Crippen molar-refractivity contribution in [2.75, 3.05) is 37.0 Å². The Kier molecular flexibility index (Phi) is 6.54. The van der Waals surface area contributed by atoms with E-state index in [2.05, 4.69) is 48.3 Å². The molecular weight excluding hydrogens is 432 g/mol. The number of anilines is 2. The molecule has 9 heteroatoms. The third-order valence-electron chi connectivity index (χ3n) is 5.49. The number of amides is 1. The van der Waals surface area contributed by atoms with E-state index < -0.39 is 4.83 Å². The summed E-state index contributed by atoms with van der Waals surface area (Å²) in [4.78, 5) is 16.0. The minimum Gasteiger partial charge on any atom is -0.373 e. The molecule has 6 nitrogen and oxygen atoms in total. The van der Waals surface area contributed by atoms with Gasteiger partial charge in [0.05, 0.1) is 24.5 Å². The average Bonchev–Trinajstić information content (AvgIpc) is 2.67. The van der Waals surface area contributed by atoms with Crippen molar-refractivity contribution in [3.05, 3.63) is 23.9 Å². The van der Waals surface area contributed by atoms with Crippen LogP contribution in [0.4, 0.5) is 20.3 Å². The van der Waals surface area contributed by atoms with E-state index in [0.717, 1.165) is 36.9 Å². The van der Waals surface area contributed by atoms with Gasteiger partial charge >= 0.3 is 4.83 Å². The number of halogens is 3. The van der Waals surface area contributed by atoms with Gasteiger partial charge in [-0.15, -0.1) is 0 Å². The van der Waals surface area contributed by atoms with Crippen molar-refractivity contribution >= 4 is 39.4 Å². The molecule has 154 valence electrons. The highest BCUT2D eigenvalue weighted by Crippen LogP contribution is 2.37. The molecule has 1 amide bonds. The number of nitrogens with zero attached hydrogens (tertiary/aromatic N) is 2. The monoisotopic (exact) mass is 457 g/mol. The predicted molar refractivity (Wildman–Crippen MR) is 111 cm³/mol. The van der Waals surface area contributed by atoms with Gasteiger partial charge in [0.2, 0.25) is 0 Å². The molecule has 3 N–H and O–H groups in total. The molecule has 2 heterocycles. The van der Waals surface area contributed by atoms with Crippen LogP contribution in [0.5, 0.6) is 0 Å². The molecule has 2 aliphatic rings. The van der Waals surface area contributed by atoms with Crippen LogP contribution in [0.15, 0.2) is 12.8 Å². The first-order valence-electron chi connectivity index (χ1n) is 9.49. The van der Waals surface area contributed by atoms with Crippen molar-refractivity contribution < 1.29 is 13.6 Å². The molecule has 1 aromatic heterocycles. The second-order valence-corrected chi connectivity index (χ2v) is 8.45.